The lowest BCUT2D eigenvalue weighted by atomic mass is 10.2. The first-order chi connectivity index (χ1) is 9.08. The second-order valence-corrected chi connectivity index (χ2v) is 5.57. The summed E-state index contributed by atoms with van der Waals surface area (Å²) in [7, 11) is 0. The topological polar surface area (TPSA) is 52.0 Å². The van der Waals surface area contributed by atoms with Crippen molar-refractivity contribution in [3.05, 3.63) is 44.8 Å². The number of oxazole rings is 1. The quantitative estimate of drug-likeness (QED) is 0.613. The number of benzene rings is 2. The average molecular weight is 358 g/mol. The average Bonchev–Trinajstić information content (AvgIpc) is 2.80. The van der Waals surface area contributed by atoms with Gasteiger partial charge >= 0.3 is 0 Å². The lowest BCUT2D eigenvalue weighted by Gasteiger charge is -1.99. The minimum Gasteiger partial charge on any atom is -0.436 e. The molecule has 3 nitrogen and oxygen atoms in total. The van der Waals surface area contributed by atoms with Gasteiger partial charge in [-0.3, -0.25) is 0 Å². The molecule has 0 fully saturated rings. The van der Waals surface area contributed by atoms with E-state index in [0.717, 1.165) is 10.0 Å². The minimum atomic E-state index is 0.308. The van der Waals surface area contributed by atoms with Crippen LogP contribution in [0.3, 0.4) is 0 Å². The van der Waals surface area contributed by atoms with Crippen molar-refractivity contribution in [3.8, 4) is 11.5 Å². The number of aromatic nitrogens is 1. The van der Waals surface area contributed by atoms with Crippen molar-refractivity contribution in [1.29, 1.82) is 0 Å². The number of anilines is 1. The van der Waals surface area contributed by atoms with Crippen LogP contribution in [-0.4, -0.2) is 4.98 Å². The summed E-state index contributed by atoms with van der Waals surface area (Å²) in [6.07, 6.45) is 0. The monoisotopic (exact) mass is 356 g/mol. The highest BCUT2D eigenvalue weighted by molar-refractivity contribution is 9.10. The molecule has 1 heterocycles. The molecule has 0 saturated carbocycles. The van der Waals surface area contributed by atoms with Crippen molar-refractivity contribution in [2.24, 2.45) is 0 Å². The van der Waals surface area contributed by atoms with Crippen molar-refractivity contribution in [2.75, 3.05) is 5.73 Å². The summed E-state index contributed by atoms with van der Waals surface area (Å²) in [5.41, 5.74) is 7.93. The molecule has 1 aromatic heterocycles. The molecule has 0 amide bonds. The number of nitrogens with zero attached hydrogens (tertiary/aromatic N) is 1. The molecule has 3 aromatic rings. The zero-order valence-electron chi connectivity index (χ0n) is 9.45. The van der Waals surface area contributed by atoms with Gasteiger partial charge in [0.1, 0.15) is 5.52 Å². The third-order valence-electron chi connectivity index (χ3n) is 2.72. The summed E-state index contributed by atoms with van der Waals surface area (Å²) in [5.74, 6) is 0.464. The molecule has 0 saturated heterocycles. The summed E-state index contributed by atoms with van der Waals surface area (Å²) in [6, 6.07) is 9.24. The minimum absolute atomic E-state index is 0.308. The molecule has 0 spiro atoms. The Kier molecular flexibility index (Phi) is 3.17. The molecule has 3 rings (SSSR count). The number of nitrogen functional groups attached to an aromatic ring is 1. The van der Waals surface area contributed by atoms with Crippen LogP contribution in [0.4, 0.5) is 5.69 Å². The molecule has 2 N–H and O–H groups in total. The van der Waals surface area contributed by atoms with E-state index in [2.05, 4.69) is 20.9 Å². The first-order valence-corrected chi connectivity index (χ1v) is 6.91. The van der Waals surface area contributed by atoms with Crippen LogP contribution in [-0.2, 0) is 0 Å². The molecular formula is C13H7BrCl2N2O. The maximum atomic E-state index is 6.13. The van der Waals surface area contributed by atoms with E-state index in [1.165, 1.54) is 0 Å². The normalized spacial score (nSPS) is 11.1. The van der Waals surface area contributed by atoms with Gasteiger partial charge in [-0.05, 0) is 28.1 Å². The van der Waals surface area contributed by atoms with Gasteiger partial charge in [0.15, 0.2) is 5.58 Å². The smallest absolute Gasteiger partial charge is 0.228 e. The van der Waals surface area contributed by atoms with Crippen molar-refractivity contribution in [3.63, 3.8) is 0 Å². The number of hydrogen-bond donors (Lipinski definition) is 1. The largest absolute Gasteiger partial charge is 0.436 e. The van der Waals surface area contributed by atoms with Crippen LogP contribution >= 0.6 is 39.1 Å². The molecule has 19 heavy (non-hydrogen) atoms. The SMILES string of the molecule is Nc1c(Cl)cc2oc(-c3ccccc3Br)nc2c1Cl. The van der Waals surface area contributed by atoms with Crippen LogP contribution < -0.4 is 5.73 Å². The van der Waals surface area contributed by atoms with Gasteiger partial charge in [0.25, 0.3) is 0 Å². The summed E-state index contributed by atoms with van der Waals surface area (Å²) < 4.78 is 6.57. The van der Waals surface area contributed by atoms with Crippen LogP contribution in [0.25, 0.3) is 22.6 Å². The van der Waals surface area contributed by atoms with Crippen LogP contribution in [0.5, 0.6) is 0 Å². The molecular weight excluding hydrogens is 351 g/mol. The second-order valence-electron chi connectivity index (χ2n) is 3.93. The van der Waals surface area contributed by atoms with Gasteiger partial charge in [-0.2, -0.15) is 0 Å². The van der Waals surface area contributed by atoms with Crippen molar-refractivity contribution in [2.45, 2.75) is 0 Å². The molecule has 0 bridgehead atoms. The predicted octanol–water partition coefficient (Wildman–Crippen LogP) is 5.15. The summed E-state index contributed by atoms with van der Waals surface area (Å²) in [6.45, 7) is 0. The van der Waals surface area contributed by atoms with Crippen molar-refractivity contribution < 1.29 is 4.42 Å². The van der Waals surface area contributed by atoms with E-state index in [-0.39, 0.29) is 0 Å². The molecule has 96 valence electrons. The Morgan fingerprint density at radius 1 is 1.21 bits per heavy atom. The van der Waals surface area contributed by atoms with Crippen LogP contribution in [0, 0.1) is 0 Å². The molecule has 6 heteroatoms. The molecule has 0 atom stereocenters. The third-order valence-corrected chi connectivity index (χ3v) is 4.10. The molecule has 0 aliphatic carbocycles. The van der Waals surface area contributed by atoms with Gasteiger partial charge < -0.3 is 10.2 Å². The van der Waals surface area contributed by atoms with Gasteiger partial charge in [0.2, 0.25) is 5.89 Å². The fourth-order valence-electron chi connectivity index (χ4n) is 1.76. The van der Waals surface area contributed by atoms with Crippen LogP contribution in [0.15, 0.2) is 39.2 Å². The van der Waals surface area contributed by atoms with Crippen molar-refractivity contribution >= 4 is 55.9 Å². The Bertz CT molecular complexity index is 786. The summed E-state index contributed by atoms with van der Waals surface area (Å²) >= 11 is 15.6. The lowest BCUT2D eigenvalue weighted by Crippen LogP contribution is -1.88. The van der Waals surface area contributed by atoms with Crippen LogP contribution in [0.2, 0.25) is 10.0 Å². The number of fused-ring (bicyclic) bond motifs is 1. The summed E-state index contributed by atoms with van der Waals surface area (Å²) in [5, 5.41) is 0.664. The number of nitrogens with two attached hydrogens (primary N) is 1. The Labute approximate surface area is 127 Å². The van der Waals surface area contributed by atoms with Gasteiger partial charge in [-0.1, -0.05) is 35.3 Å². The van der Waals surface area contributed by atoms with Gasteiger partial charge in [0.05, 0.1) is 21.3 Å². The second kappa shape index (κ2) is 4.71. The fraction of sp³-hybridized carbons (Fsp3) is 0. The Hall–Kier alpha value is -1.23. The Morgan fingerprint density at radius 3 is 2.68 bits per heavy atom. The molecule has 0 radical (unpaired) electrons. The predicted molar refractivity (Wildman–Crippen MR) is 81.6 cm³/mol. The van der Waals surface area contributed by atoms with E-state index in [4.69, 9.17) is 33.4 Å². The molecule has 0 aliphatic rings. The molecule has 0 unspecified atom stereocenters. The summed E-state index contributed by atoms with van der Waals surface area (Å²) in [4.78, 5) is 4.38. The third kappa shape index (κ3) is 2.10. The first-order valence-electron chi connectivity index (χ1n) is 5.37. The van der Waals surface area contributed by atoms with Gasteiger partial charge in [-0.15, -0.1) is 0 Å². The van der Waals surface area contributed by atoms with Gasteiger partial charge in [0, 0.05) is 10.5 Å². The highest BCUT2D eigenvalue weighted by Gasteiger charge is 2.16. The van der Waals surface area contributed by atoms with E-state index in [1.807, 2.05) is 24.3 Å². The fourth-order valence-corrected chi connectivity index (χ4v) is 2.70. The molecule has 2 aromatic carbocycles. The first kappa shape index (κ1) is 12.8. The van der Waals surface area contributed by atoms with E-state index in [1.54, 1.807) is 6.07 Å². The van der Waals surface area contributed by atoms with Gasteiger partial charge in [-0.25, -0.2) is 4.98 Å². The van der Waals surface area contributed by atoms with E-state index in [0.29, 0.717) is 32.7 Å². The van der Waals surface area contributed by atoms with Crippen LogP contribution in [0.1, 0.15) is 0 Å². The Morgan fingerprint density at radius 2 is 1.95 bits per heavy atom. The van der Waals surface area contributed by atoms with E-state index >= 15 is 0 Å². The number of hydrogen-bond acceptors (Lipinski definition) is 3. The maximum Gasteiger partial charge on any atom is 0.228 e. The maximum absolute atomic E-state index is 6.13. The lowest BCUT2D eigenvalue weighted by molar-refractivity contribution is 0.619. The standard InChI is InChI=1S/C13H7BrCl2N2O/c14-7-4-2-1-3-6(7)13-18-12-9(19-13)5-8(15)11(17)10(12)16/h1-5H,17H2. The van der Waals surface area contributed by atoms with Crippen molar-refractivity contribution in [1.82, 2.24) is 4.98 Å². The molecule has 0 aliphatic heterocycles. The number of rotatable bonds is 1. The highest BCUT2D eigenvalue weighted by atomic mass is 79.9. The highest BCUT2D eigenvalue weighted by Crippen LogP contribution is 2.38. The Balaban J connectivity index is 2.29. The zero-order chi connectivity index (χ0) is 13.6. The number of halogens is 3. The van der Waals surface area contributed by atoms with E-state index < -0.39 is 0 Å². The van der Waals surface area contributed by atoms with E-state index in [9.17, 15) is 0 Å². The zero-order valence-corrected chi connectivity index (χ0v) is 12.6.